The van der Waals surface area contributed by atoms with Gasteiger partial charge in [-0.1, -0.05) is 0 Å². The molecular weight excluding hydrogens is 375 g/mol. The molecule has 1 fully saturated rings. The Kier molecular flexibility index (Phi) is 5.66. The van der Waals surface area contributed by atoms with Gasteiger partial charge in [-0.3, -0.25) is 4.90 Å². The Morgan fingerprint density at radius 3 is 3.00 bits per heavy atom. The maximum absolute atomic E-state index is 13.9. The fourth-order valence-electron chi connectivity index (χ4n) is 3.83. The molecule has 1 atom stereocenters. The zero-order valence-electron chi connectivity index (χ0n) is 16.7. The minimum atomic E-state index is -0.266. The van der Waals surface area contributed by atoms with Gasteiger partial charge in [-0.15, -0.1) is 11.3 Å². The molecule has 2 aromatic rings. The number of likely N-dealkylation sites (N-methyl/N-ethyl adjacent to an activating group) is 1. The molecule has 5 nitrogen and oxygen atoms in total. The van der Waals surface area contributed by atoms with Crippen molar-refractivity contribution in [2.75, 3.05) is 45.2 Å². The molecule has 1 saturated heterocycles. The Hall–Kier alpha value is -1.96. The first-order valence-electron chi connectivity index (χ1n) is 9.84. The highest BCUT2D eigenvalue weighted by Gasteiger charge is 2.30. The highest BCUT2D eigenvalue weighted by molar-refractivity contribution is 7.16. The fraction of sp³-hybridized carbons (Fsp3) is 0.476. The van der Waals surface area contributed by atoms with Crippen molar-refractivity contribution in [3.63, 3.8) is 0 Å². The Labute approximate surface area is 169 Å². The van der Waals surface area contributed by atoms with Gasteiger partial charge in [0.1, 0.15) is 16.7 Å². The molecular formula is C21H27FN4OS. The van der Waals surface area contributed by atoms with Crippen molar-refractivity contribution < 1.29 is 9.13 Å². The third kappa shape index (κ3) is 3.92. The molecule has 28 heavy (non-hydrogen) atoms. The quantitative estimate of drug-likeness (QED) is 0.771. The number of hydrogen-bond acceptors (Lipinski definition) is 6. The van der Waals surface area contributed by atoms with E-state index in [0.29, 0.717) is 11.7 Å². The van der Waals surface area contributed by atoms with Gasteiger partial charge >= 0.3 is 0 Å². The number of benzene rings is 1. The molecule has 7 heteroatoms. The van der Waals surface area contributed by atoms with Crippen molar-refractivity contribution >= 4 is 33.5 Å². The number of anilines is 2. The average molecular weight is 403 g/mol. The summed E-state index contributed by atoms with van der Waals surface area (Å²) in [6.07, 6.45) is 0.993. The third-order valence-corrected chi connectivity index (χ3v) is 6.37. The molecule has 2 aliphatic rings. The smallest absolute Gasteiger partial charge is 0.139 e. The molecule has 0 amide bonds. The summed E-state index contributed by atoms with van der Waals surface area (Å²) >= 11 is 1.71. The molecule has 0 spiro atoms. The van der Waals surface area contributed by atoms with E-state index in [2.05, 4.69) is 35.2 Å². The molecule has 1 aromatic heterocycles. The van der Waals surface area contributed by atoms with Crippen LogP contribution in [0.15, 0.2) is 29.3 Å². The summed E-state index contributed by atoms with van der Waals surface area (Å²) in [7, 11) is 2.18. The van der Waals surface area contributed by atoms with Gasteiger partial charge in [0.2, 0.25) is 0 Å². The number of thiophene rings is 1. The number of fused-ring (bicyclic) bond motifs is 2. The van der Waals surface area contributed by atoms with Gasteiger partial charge < -0.3 is 15.0 Å². The molecule has 2 aliphatic heterocycles. The van der Waals surface area contributed by atoms with E-state index in [4.69, 9.17) is 9.73 Å². The van der Waals surface area contributed by atoms with Gasteiger partial charge in [0, 0.05) is 49.8 Å². The Morgan fingerprint density at radius 1 is 1.32 bits per heavy atom. The minimum Gasteiger partial charge on any atom is -0.382 e. The molecule has 0 bridgehead atoms. The number of aryl methyl sites for hydroxylation is 1. The van der Waals surface area contributed by atoms with Crippen LogP contribution < -0.4 is 5.32 Å². The Balaban J connectivity index is 1.67. The van der Waals surface area contributed by atoms with Crippen LogP contribution in [0.4, 0.5) is 20.8 Å². The predicted molar refractivity (Wildman–Crippen MR) is 114 cm³/mol. The van der Waals surface area contributed by atoms with Crippen LogP contribution in [-0.4, -0.2) is 61.6 Å². The normalized spacial score (nSPS) is 19.5. The van der Waals surface area contributed by atoms with E-state index in [0.717, 1.165) is 61.4 Å². The van der Waals surface area contributed by atoms with Crippen molar-refractivity contribution in [2.45, 2.75) is 26.3 Å². The van der Waals surface area contributed by atoms with Crippen LogP contribution >= 0.6 is 11.3 Å². The van der Waals surface area contributed by atoms with Crippen LogP contribution in [0.2, 0.25) is 0 Å². The van der Waals surface area contributed by atoms with Crippen molar-refractivity contribution in [2.24, 2.45) is 4.99 Å². The number of amidine groups is 1. The molecule has 150 valence electrons. The molecule has 3 heterocycles. The summed E-state index contributed by atoms with van der Waals surface area (Å²) in [5.41, 5.74) is 2.61. The Bertz CT molecular complexity index is 881. The fourth-order valence-corrected chi connectivity index (χ4v) is 4.75. The van der Waals surface area contributed by atoms with Gasteiger partial charge in [-0.2, -0.15) is 0 Å². The van der Waals surface area contributed by atoms with Crippen LogP contribution in [0.1, 0.15) is 23.8 Å². The van der Waals surface area contributed by atoms with Gasteiger partial charge in [-0.25, -0.2) is 9.38 Å². The summed E-state index contributed by atoms with van der Waals surface area (Å²) in [6.45, 7) is 8.42. The number of ether oxygens (including phenoxy) is 1. The van der Waals surface area contributed by atoms with Gasteiger partial charge in [0.25, 0.3) is 0 Å². The van der Waals surface area contributed by atoms with Gasteiger partial charge in [0.15, 0.2) is 0 Å². The lowest BCUT2D eigenvalue weighted by molar-refractivity contribution is 0.0843. The molecule has 0 aliphatic carbocycles. The van der Waals surface area contributed by atoms with E-state index in [9.17, 15) is 4.39 Å². The zero-order valence-corrected chi connectivity index (χ0v) is 17.5. The second-order valence-electron chi connectivity index (χ2n) is 7.39. The number of nitrogens with zero attached hydrogens (tertiary/aromatic N) is 3. The topological polar surface area (TPSA) is 40.1 Å². The maximum atomic E-state index is 13.9. The van der Waals surface area contributed by atoms with Crippen LogP contribution in [0.25, 0.3) is 0 Å². The molecule has 4 rings (SSSR count). The summed E-state index contributed by atoms with van der Waals surface area (Å²) in [5.74, 6) is 0.670. The van der Waals surface area contributed by atoms with Crippen LogP contribution in [0.5, 0.6) is 0 Å². The van der Waals surface area contributed by atoms with Crippen molar-refractivity contribution in [3.8, 4) is 0 Å². The standard InChI is InChI=1S/C21H27FN4OS/c1-4-27-10-7-16-13-26(9-8-25(16)3)20-17-11-14(2)28-21(17)24-18-6-5-15(22)12-19(18)23-20/h5-6,11-12,16,24H,4,7-10,13H2,1-3H3. The number of nitrogens with one attached hydrogen (secondary N) is 1. The molecule has 1 unspecified atom stereocenters. The first-order valence-corrected chi connectivity index (χ1v) is 10.7. The van der Waals surface area contributed by atoms with E-state index in [1.807, 2.05) is 6.92 Å². The lowest BCUT2D eigenvalue weighted by atomic mass is 10.1. The highest BCUT2D eigenvalue weighted by atomic mass is 32.1. The van der Waals surface area contributed by atoms with E-state index >= 15 is 0 Å². The largest absolute Gasteiger partial charge is 0.382 e. The third-order valence-electron chi connectivity index (χ3n) is 5.41. The van der Waals surface area contributed by atoms with Gasteiger partial charge in [-0.05, 0) is 45.5 Å². The molecule has 1 aromatic carbocycles. The summed E-state index contributed by atoms with van der Waals surface area (Å²) in [4.78, 5) is 10.9. The monoisotopic (exact) mass is 402 g/mol. The average Bonchev–Trinajstić information content (AvgIpc) is 2.96. The number of aliphatic imine (C=N–C) groups is 1. The summed E-state index contributed by atoms with van der Waals surface area (Å²) < 4.78 is 19.5. The summed E-state index contributed by atoms with van der Waals surface area (Å²) in [5, 5.41) is 4.54. The van der Waals surface area contributed by atoms with Crippen LogP contribution in [0.3, 0.4) is 0 Å². The van der Waals surface area contributed by atoms with E-state index < -0.39 is 0 Å². The van der Waals surface area contributed by atoms with E-state index in [1.54, 1.807) is 17.4 Å². The minimum absolute atomic E-state index is 0.266. The Morgan fingerprint density at radius 2 is 2.18 bits per heavy atom. The SMILES string of the molecule is CCOCCC1CN(C2=Nc3cc(F)ccc3Nc3sc(C)cc32)CCN1C. The number of rotatable bonds is 4. The van der Waals surface area contributed by atoms with E-state index in [1.165, 1.54) is 17.0 Å². The van der Waals surface area contributed by atoms with Crippen molar-refractivity contribution in [1.29, 1.82) is 0 Å². The number of halogens is 1. The lowest BCUT2D eigenvalue weighted by Gasteiger charge is -2.41. The highest BCUT2D eigenvalue weighted by Crippen LogP contribution is 2.39. The van der Waals surface area contributed by atoms with E-state index in [-0.39, 0.29) is 5.82 Å². The molecule has 0 saturated carbocycles. The first-order chi connectivity index (χ1) is 13.5. The number of hydrogen-bond donors (Lipinski definition) is 1. The number of piperazine rings is 1. The summed E-state index contributed by atoms with van der Waals surface area (Å²) in [6, 6.07) is 7.35. The van der Waals surface area contributed by atoms with Crippen molar-refractivity contribution in [1.82, 2.24) is 9.80 Å². The van der Waals surface area contributed by atoms with Gasteiger partial charge in [0.05, 0.1) is 16.9 Å². The van der Waals surface area contributed by atoms with Crippen LogP contribution in [-0.2, 0) is 4.74 Å². The first kappa shape index (κ1) is 19.4. The molecule has 1 N–H and O–H groups in total. The van der Waals surface area contributed by atoms with Crippen molar-refractivity contribution in [3.05, 3.63) is 40.5 Å². The maximum Gasteiger partial charge on any atom is 0.139 e. The van der Waals surface area contributed by atoms with Crippen LogP contribution in [0, 0.1) is 12.7 Å². The predicted octanol–water partition coefficient (Wildman–Crippen LogP) is 4.37. The molecule has 0 radical (unpaired) electrons. The second-order valence-corrected chi connectivity index (χ2v) is 8.64. The lowest BCUT2D eigenvalue weighted by Crippen LogP contribution is -2.53. The second kappa shape index (κ2) is 8.19. The zero-order chi connectivity index (χ0) is 19.7.